The molecule has 0 aromatic carbocycles. The quantitative estimate of drug-likeness (QED) is 0.700. The summed E-state index contributed by atoms with van der Waals surface area (Å²) in [6.45, 7) is 8.63. The minimum absolute atomic E-state index is 0.0709. The fourth-order valence-corrected chi connectivity index (χ4v) is 7.65. The van der Waals surface area contributed by atoms with Crippen molar-refractivity contribution in [1.82, 2.24) is 0 Å². The van der Waals surface area contributed by atoms with E-state index in [1.54, 1.807) is 12.2 Å². The molecule has 0 spiro atoms. The van der Waals surface area contributed by atoms with E-state index in [0.717, 1.165) is 32.1 Å². The molecule has 0 aromatic heterocycles. The van der Waals surface area contributed by atoms with Crippen LogP contribution in [0.4, 0.5) is 0 Å². The van der Waals surface area contributed by atoms with Crippen LogP contribution in [0.5, 0.6) is 0 Å². The zero-order chi connectivity index (χ0) is 21.0. The number of carbonyl (C=O) groups is 2. The van der Waals surface area contributed by atoms with E-state index in [-0.39, 0.29) is 34.6 Å². The normalized spacial score (nSPS) is 45.8. The number of aliphatic hydroxyl groups is 1. The Labute approximate surface area is 174 Å². The molecule has 4 aliphatic rings. The molecule has 4 aliphatic carbocycles. The Morgan fingerprint density at radius 3 is 2.79 bits per heavy atom. The lowest BCUT2D eigenvalue weighted by Crippen LogP contribution is -2.57. The summed E-state index contributed by atoms with van der Waals surface area (Å²) in [7, 11) is 0. The third-order valence-electron chi connectivity index (χ3n) is 8.84. The van der Waals surface area contributed by atoms with Crippen LogP contribution in [0.25, 0.3) is 0 Å². The Balaban J connectivity index is 1.69. The summed E-state index contributed by atoms with van der Waals surface area (Å²) in [5.41, 5.74) is 0.817. The first kappa shape index (κ1) is 20.8. The first-order valence-corrected chi connectivity index (χ1v) is 11.6. The third kappa shape index (κ3) is 3.05. The van der Waals surface area contributed by atoms with Crippen molar-refractivity contribution in [3.8, 4) is 0 Å². The standard InChI is InChI=1S/C25H36O4/c1-5-7-21(28)29-23-15(3)12-19-18-9-8-16-13-17(26)10-11-24(16,4)22(18)20(27)14-25(19,23)6-2/h10-11,13,15,18-20,22-23,27H,5-9,12,14H2,1-4H3/t15-,18-,19-,20-,22+,23+,24-,25-/m0/s1. The highest BCUT2D eigenvalue weighted by atomic mass is 16.5. The molecular formula is C25H36O4. The molecule has 4 heteroatoms. The Morgan fingerprint density at radius 2 is 2.10 bits per heavy atom. The molecule has 0 unspecified atom stereocenters. The van der Waals surface area contributed by atoms with Gasteiger partial charge in [-0.05, 0) is 68.4 Å². The van der Waals surface area contributed by atoms with Crippen LogP contribution < -0.4 is 0 Å². The Kier molecular flexibility index (Phi) is 5.30. The fraction of sp³-hybridized carbons (Fsp3) is 0.760. The molecule has 160 valence electrons. The van der Waals surface area contributed by atoms with Gasteiger partial charge in [-0.15, -0.1) is 0 Å². The predicted molar refractivity (Wildman–Crippen MR) is 112 cm³/mol. The number of allylic oxidation sites excluding steroid dienone is 4. The zero-order valence-corrected chi connectivity index (χ0v) is 18.3. The highest BCUT2D eigenvalue weighted by molar-refractivity contribution is 6.01. The van der Waals surface area contributed by atoms with E-state index < -0.39 is 6.10 Å². The minimum Gasteiger partial charge on any atom is -0.461 e. The highest BCUT2D eigenvalue weighted by Gasteiger charge is 2.65. The van der Waals surface area contributed by atoms with E-state index in [9.17, 15) is 14.7 Å². The van der Waals surface area contributed by atoms with Gasteiger partial charge in [0.1, 0.15) is 6.10 Å². The molecule has 1 N–H and O–H groups in total. The van der Waals surface area contributed by atoms with Crippen molar-refractivity contribution in [2.45, 2.75) is 84.8 Å². The molecule has 0 saturated heterocycles. The Morgan fingerprint density at radius 1 is 1.34 bits per heavy atom. The van der Waals surface area contributed by atoms with Gasteiger partial charge >= 0.3 is 5.97 Å². The summed E-state index contributed by atoms with van der Waals surface area (Å²) in [5, 5.41) is 11.5. The van der Waals surface area contributed by atoms with Crippen LogP contribution in [0.2, 0.25) is 0 Å². The van der Waals surface area contributed by atoms with Crippen molar-refractivity contribution in [2.75, 3.05) is 0 Å². The third-order valence-corrected chi connectivity index (χ3v) is 8.84. The van der Waals surface area contributed by atoms with Gasteiger partial charge in [0.25, 0.3) is 0 Å². The maximum absolute atomic E-state index is 12.4. The lowest BCUT2D eigenvalue weighted by Gasteiger charge is -2.59. The monoisotopic (exact) mass is 400 g/mol. The molecule has 3 saturated carbocycles. The molecule has 0 aliphatic heterocycles. The van der Waals surface area contributed by atoms with E-state index in [0.29, 0.717) is 30.6 Å². The van der Waals surface area contributed by atoms with Crippen molar-refractivity contribution in [1.29, 1.82) is 0 Å². The number of hydrogen-bond donors (Lipinski definition) is 1. The van der Waals surface area contributed by atoms with Crippen molar-refractivity contribution in [3.63, 3.8) is 0 Å². The van der Waals surface area contributed by atoms with Crippen molar-refractivity contribution >= 4 is 11.8 Å². The van der Waals surface area contributed by atoms with Crippen molar-refractivity contribution in [3.05, 3.63) is 23.8 Å². The van der Waals surface area contributed by atoms with Crippen LogP contribution in [0.3, 0.4) is 0 Å². The zero-order valence-electron chi connectivity index (χ0n) is 18.3. The fourth-order valence-electron chi connectivity index (χ4n) is 7.65. The SMILES string of the molecule is CCCC(=O)O[C@@H]1[C@@H](C)C[C@H]2[C@@H]3CCC4=CC(=O)C=C[C@]4(C)[C@H]3[C@@H](O)C[C@]12CC. The lowest BCUT2D eigenvalue weighted by atomic mass is 9.46. The number of esters is 1. The van der Waals surface area contributed by atoms with Gasteiger partial charge in [-0.25, -0.2) is 0 Å². The number of ketones is 1. The average Bonchev–Trinajstić information content (AvgIpc) is 2.94. The molecular weight excluding hydrogens is 364 g/mol. The predicted octanol–water partition coefficient (Wildman–Crippen LogP) is 4.61. The maximum Gasteiger partial charge on any atom is 0.306 e. The molecule has 29 heavy (non-hydrogen) atoms. The van der Waals surface area contributed by atoms with Crippen molar-refractivity contribution < 1.29 is 19.4 Å². The van der Waals surface area contributed by atoms with Gasteiger partial charge in [0.2, 0.25) is 0 Å². The van der Waals surface area contributed by atoms with Gasteiger partial charge in [0, 0.05) is 23.2 Å². The van der Waals surface area contributed by atoms with Crippen LogP contribution in [-0.4, -0.2) is 29.1 Å². The molecule has 8 atom stereocenters. The average molecular weight is 401 g/mol. The lowest BCUT2D eigenvalue weighted by molar-refractivity contribution is -0.174. The van der Waals surface area contributed by atoms with Gasteiger partial charge < -0.3 is 9.84 Å². The number of hydrogen-bond acceptors (Lipinski definition) is 4. The van der Waals surface area contributed by atoms with Gasteiger partial charge in [-0.2, -0.15) is 0 Å². The summed E-state index contributed by atoms with van der Waals surface area (Å²) in [4.78, 5) is 24.3. The summed E-state index contributed by atoms with van der Waals surface area (Å²) in [6.07, 6.45) is 10.9. The molecule has 3 fully saturated rings. The first-order chi connectivity index (χ1) is 13.8. The van der Waals surface area contributed by atoms with Crippen LogP contribution in [0.1, 0.15) is 72.6 Å². The van der Waals surface area contributed by atoms with Crippen LogP contribution in [0, 0.1) is 34.5 Å². The topological polar surface area (TPSA) is 63.6 Å². The second-order valence-corrected chi connectivity index (χ2v) is 10.3. The van der Waals surface area contributed by atoms with Gasteiger partial charge in [-0.3, -0.25) is 9.59 Å². The van der Waals surface area contributed by atoms with Crippen LogP contribution >= 0.6 is 0 Å². The van der Waals surface area contributed by atoms with Crippen molar-refractivity contribution in [2.24, 2.45) is 34.5 Å². The number of ether oxygens (including phenoxy) is 1. The summed E-state index contributed by atoms with van der Waals surface area (Å²) < 4.78 is 6.08. The van der Waals surface area contributed by atoms with Gasteiger partial charge in [0.15, 0.2) is 5.78 Å². The number of aliphatic hydroxyl groups excluding tert-OH is 1. The van der Waals surface area contributed by atoms with Gasteiger partial charge in [-0.1, -0.05) is 39.3 Å². The minimum atomic E-state index is -0.444. The van der Waals surface area contributed by atoms with E-state index >= 15 is 0 Å². The summed E-state index contributed by atoms with van der Waals surface area (Å²) in [6, 6.07) is 0. The smallest absolute Gasteiger partial charge is 0.306 e. The maximum atomic E-state index is 12.4. The van der Waals surface area contributed by atoms with Crippen LogP contribution in [0.15, 0.2) is 23.8 Å². The molecule has 0 aromatic rings. The molecule has 0 amide bonds. The summed E-state index contributed by atoms with van der Waals surface area (Å²) in [5.74, 6) is 1.29. The molecule has 4 nitrogen and oxygen atoms in total. The first-order valence-electron chi connectivity index (χ1n) is 11.6. The van der Waals surface area contributed by atoms with E-state index in [1.165, 1.54) is 5.57 Å². The molecule has 0 radical (unpaired) electrons. The molecule has 0 bridgehead atoms. The number of carbonyl (C=O) groups excluding carboxylic acids is 2. The highest BCUT2D eigenvalue weighted by Crippen LogP contribution is 2.67. The largest absolute Gasteiger partial charge is 0.461 e. The second-order valence-electron chi connectivity index (χ2n) is 10.3. The second kappa shape index (κ2) is 7.37. The van der Waals surface area contributed by atoms with E-state index in [2.05, 4.69) is 26.8 Å². The van der Waals surface area contributed by atoms with E-state index in [1.807, 2.05) is 6.92 Å². The van der Waals surface area contributed by atoms with Crippen LogP contribution in [-0.2, 0) is 14.3 Å². The number of rotatable bonds is 4. The number of fused-ring (bicyclic) bond motifs is 5. The van der Waals surface area contributed by atoms with Gasteiger partial charge in [0.05, 0.1) is 6.10 Å². The molecule has 4 rings (SSSR count). The molecule has 0 heterocycles. The van der Waals surface area contributed by atoms with E-state index in [4.69, 9.17) is 4.74 Å². The Bertz CT molecular complexity index is 752. The Hall–Kier alpha value is -1.42. The summed E-state index contributed by atoms with van der Waals surface area (Å²) >= 11 is 0.